The molecule has 0 saturated heterocycles. The fraction of sp³-hybridized carbons (Fsp3) is 0.357. The Labute approximate surface area is 130 Å². The number of aliphatic carboxylic acids is 1. The summed E-state index contributed by atoms with van der Waals surface area (Å²) in [6.45, 7) is -0.0814. The van der Waals surface area contributed by atoms with Crippen LogP contribution in [0.3, 0.4) is 0 Å². The number of carbonyl (C=O) groups excluding carboxylic acids is 2. The topological polar surface area (TPSA) is 95.5 Å². The van der Waals surface area contributed by atoms with Gasteiger partial charge in [-0.05, 0) is 40.9 Å². The fourth-order valence-electron chi connectivity index (χ4n) is 1.85. The maximum atomic E-state index is 11.9. The third-order valence-electron chi connectivity index (χ3n) is 3.46. The van der Waals surface area contributed by atoms with Gasteiger partial charge in [-0.25, -0.2) is 0 Å². The summed E-state index contributed by atoms with van der Waals surface area (Å²) in [5.74, 6) is -1.65. The lowest BCUT2D eigenvalue weighted by Crippen LogP contribution is -2.40. The maximum absolute atomic E-state index is 11.9. The molecule has 0 radical (unpaired) electrons. The summed E-state index contributed by atoms with van der Waals surface area (Å²) in [7, 11) is 0. The molecule has 6 nitrogen and oxygen atoms in total. The van der Waals surface area contributed by atoms with E-state index in [0.29, 0.717) is 22.9 Å². The number of hydrogen-bond donors (Lipinski definition) is 3. The second kappa shape index (κ2) is 6.26. The number of hydrogen-bond acceptors (Lipinski definition) is 3. The van der Waals surface area contributed by atoms with Crippen molar-refractivity contribution in [3.8, 4) is 0 Å². The molecule has 1 saturated carbocycles. The number of carboxylic acid groups (broad SMARTS) is 1. The SMILES string of the molecule is O=C(CNC(=O)c1ccccc1Br)NCC1(C(=O)O)CC1. The van der Waals surface area contributed by atoms with Crippen molar-refractivity contribution in [1.29, 1.82) is 0 Å². The Balaban J connectivity index is 1.78. The molecule has 1 aliphatic rings. The third-order valence-corrected chi connectivity index (χ3v) is 4.15. The van der Waals surface area contributed by atoms with Crippen LogP contribution in [0.2, 0.25) is 0 Å². The van der Waals surface area contributed by atoms with Crippen LogP contribution in [0, 0.1) is 5.41 Å². The van der Waals surface area contributed by atoms with Gasteiger partial charge in [0.15, 0.2) is 0 Å². The molecule has 0 atom stereocenters. The van der Waals surface area contributed by atoms with E-state index in [1.807, 2.05) is 0 Å². The first-order valence-corrected chi connectivity index (χ1v) is 7.27. The monoisotopic (exact) mass is 354 g/mol. The minimum atomic E-state index is -0.889. The van der Waals surface area contributed by atoms with E-state index in [1.165, 1.54) is 0 Å². The summed E-state index contributed by atoms with van der Waals surface area (Å²) in [5.41, 5.74) is -0.364. The highest BCUT2D eigenvalue weighted by Gasteiger charge is 2.50. The van der Waals surface area contributed by atoms with Gasteiger partial charge in [-0.1, -0.05) is 12.1 Å². The van der Waals surface area contributed by atoms with Gasteiger partial charge in [0.2, 0.25) is 5.91 Å². The van der Waals surface area contributed by atoms with E-state index in [4.69, 9.17) is 5.11 Å². The zero-order valence-electron chi connectivity index (χ0n) is 11.2. The van der Waals surface area contributed by atoms with Crippen molar-refractivity contribution in [2.75, 3.05) is 13.1 Å². The van der Waals surface area contributed by atoms with Crippen molar-refractivity contribution in [2.45, 2.75) is 12.8 Å². The van der Waals surface area contributed by atoms with E-state index in [1.54, 1.807) is 24.3 Å². The van der Waals surface area contributed by atoms with Crippen LogP contribution in [0.4, 0.5) is 0 Å². The summed E-state index contributed by atoms with van der Waals surface area (Å²) < 4.78 is 0.644. The summed E-state index contributed by atoms with van der Waals surface area (Å²) >= 11 is 3.26. The summed E-state index contributed by atoms with van der Waals surface area (Å²) in [5, 5.41) is 14.0. The lowest BCUT2D eigenvalue weighted by atomic mass is 10.1. The number of carboxylic acids is 1. The second-order valence-corrected chi connectivity index (χ2v) is 5.88. The summed E-state index contributed by atoms with van der Waals surface area (Å²) in [4.78, 5) is 34.5. The Morgan fingerprint density at radius 3 is 2.43 bits per heavy atom. The third kappa shape index (κ3) is 3.81. The van der Waals surface area contributed by atoms with E-state index in [2.05, 4.69) is 26.6 Å². The molecule has 1 aliphatic carbocycles. The van der Waals surface area contributed by atoms with Crippen LogP contribution in [0.15, 0.2) is 28.7 Å². The zero-order valence-corrected chi connectivity index (χ0v) is 12.8. The van der Waals surface area contributed by atoms with Crippen LogP contribution in [0.1, 0.15) is 23.2 Å². The molecule has 112 valence electrons. The van der Waals surface area contributed by atoms with Crippen LogP contribution >= 0.6 is 15.9 Å². The van der Waals surface area contributed by atoms with Crippen molar-refractivity contribution in [3.05, 3.63) is 34.3 Å². The molecule has 1 aromatic rings. The van der Waals surface area contributed by atoms with Crippen molar-refractivity contribution >= 4 is 33.7 Å². The normalized spacial score (nSPS) is 15.1. The van der Waals surface area contributed by atoms with E-state index in [9.17, 15) is 14.4 Å². The minimum absolute atomic E-state index is 0.103. The van der Waals surface area contributed by atoms with E-state index < -0.39 is 17.3 Å². The number of rotatable bonds is 6. The van der Waals surface area contributed by atoms with Gasteiger partial charge < -0.3 is 15.7 Å². The second-order valence-electron chi connectivity index (χ2n) is 5.02. The Morgan fingerprint density at radius 1 is 1.19 bits per heavy atom. The molecule has 1 fully saturated rings. The van der Waals surface area contributed by atoms with Gasteiger partial charge in [-0.15, -0.1) is 0 Å². The molecule has 0 aliphatic heterocycles. The fourth-order valence-corrected chi connectivity index (χ4v) is 2.31. The molecule has 0 bridgehead atoms. The van der Waals surface area contributed by atoms with Crippen LogP contribution in [-0.2, 0) is 9.59 Å². The van der Waals surface area contributed by atoms with E-state index in [0.717, 1.165) is 0 Å². The molecule has 2 rings (SSSR count). The summed E-state index contributed by atoms with van der Waals surface area (Å²) in [6.07, 6.45) is 1.15. The first-order chi connectivity index (χ1) is 9.94. The van der Waals surface area contributed by atoms with E-state index in [-0.39, 0.29) is 19.0 Å². The number of amides is 2. The van der Waals surface area contributed by atoms with Gasteiger partial charge in [0.1, 0.15) is 0 Å². The Bertz CT molecular complexity index is 584. The highest BCUT2D eigenvalue weighted by atomic mass is 79.9. The quantitative estimate of drug-likeness (QED) is 0.714. The predicted octanol–water partition coefficient (Wildman–Crippen LogP) is 1.16. The molecule has 0 heterocycles. The smallest absolute Gasteiger partial charge is 0.311 e. The standard InChI is InChI=1S/C14H15BrN2O4/c15-10-4-2-1-3-9(10)12(19)16-7-11(18)17-8-14(5-6-14)13(20)21/h1-4H,5-8H2,(H,16,19)(H,17,18)(H,20,21). The number of nitrogens with one attached hydrogen (secondary N) is 2. The Kier molecular flexibility index (Phi) is 4.62. The summed E-state index contributed by atoms with van der Waals surface area (Å²) in [6, 6.07) is 6.89. The highest BCUT2D eigenvalue weighted by molar-refractivity contribution is 9.10. The van der Waals surface area contributed by atoms with Crippen molar-refractivity contribution in [2.24, 2.45) is 5.41 Å². The van der Waals surface area contributed by atoms with Gasteiger partial charge in [0.25, 0.3) is 5.91 Å². The number of benzene rings is 1. The minimum Gasteiger partial charge on any atom is -0.481 e. The van der Waals surface area contributed by atoms with Gasteiger partial charge >= 0.3 is 5.97 Å². The van der Waals surface area contributed by atoms with Gasteiger partial charge in [0, 0.05) is 11.0 Å². The van der Waals surface area contributed by atoms with Crippen molar-refractivity contribution in [1.82, 2.24) is 10.6 Å². The Hall–Kier alpha value is -1.89. The molecule has 0 aromatic heterocycles. The van der Waals surface area contributed by atoms with Gasteiger partial charge in [-0.3, -0.25) is 14.4 Å². The number of carbonyl (C=O) groups is 3. The Morgan fingerprint density at radius 2 is 1.86 bits per heavy atom. The average molecular weight is 355 g/mol. The molecular weight excluding hydrogens is 340 g/mol. The van der Waals surface area contributed by atoms with Crippen molar-refractivity contribution in [3.63, 3.8) is 0 Å². The molecule has 3 N–H and O–H groups in total. The van der Waals surface area contributed by atoms with Crippen LogP contribution < -0.4 is 10.6 Å². The lowest BCUT2D eigenvalue weighted by molar-refractivity contribution is -0.143. The number of halogens is 1. The molecule has 0 unspecified atom stereocenters. The molecule has 0 spiro atoms. The van der Waals surface area contributed by atoms with Crippen LogP contribution in [0.5, 0.6) is 0 Å². The van der Waals surface area contributed by atoms with Gasteiger partial charge in [0.05, 0.1) is 17.5 Å². The van der Waals surface area contributed by atoms with E-state index >= 15 is 0 Å². The predicted molar refractivity (Wildman–Crippen MR) is 78.8 cm³/mol. The molecule has 7 heteroatoms. The molecule has 1 aromatic carbocycles. The van der Waals surface area contributed by atoms with Gasteiger partial charge in [-0.2, -0.15) is 0 Å². The first kappa shape index (κ1) is 15.5. The van der Waals surface area contributed by atoms with Crippen LogP contribution in [-0.4, -0.2) is 36.0 Å². The zero-order chi connectivity index (χ0) is 15.5. The van der Waals surface area contributed by atoms with Crippen LogP contribution in [0.25, 0.3) is 0 Å². The lowest BCUT2D eigenvalue weighted by Gasteiger charge is -2.11. The highest BCUT2D eigenvalue weighted by Crippen LogP contribution is 2.45. The molecular formula is C14H15BrN2O4. The molecule has 21 heavy (non-hydrogen) atoms. The molecule has 2 amide bonds. The maximum Gasteiger partial charge on any atom is 0.311 e. The van der Waals surface area contributed by atoms with Crippen molar-refractivity contribution < 1.29 is 19.5 Å². The largest absolute Gasteiger partial charge is 0.481 e. The first-order valence-electron chi connectivity index (χ1n) is 6.47. The average Bonchev–Trinajstić information content (AvgIpc) is 3.24.